The van der Waals surface area contributed by atoms with Crippen LogP contribution in [0.3, 0.4) is 0 Å². The Hall–Kier alpha value is -1.71. The molecule has 4 nitrogen and oxygen atoms in total. The minimum absolute atomic E-state index is 0.496. The number of rotatable bonds is 2. The maximum absolute atomic E-state index is 9.67. The maximum atomic E-state index is 9.67. The van der Waals surface area contributed by atoms with Crippen molar-refractivity contribution in [2.75, 3.05) is 13.1 Å². The topological polar surface area (TPSA) is 47.3 Å². The van der Waals surface area contributed by atoms with Crippen LogP contribution in [-0.4, -0.2) is 29.0 Å². The van der Waals surface area contributed by atoms with Crippen molar-refractivity contribution in [3.63, 3.8) is 0 Å². The van der Waals surface area contributed by atoms with Gasteiger partial charge in [-0.05, 0) is 5.56 Å². The largest absolute Gasteiger partial charge is 0.382 e. The first-order valence-electron chi connectivity index (χ1n) is 4.71. The van der Waals surface area contributed by atoms with Crippen molar-refractivity contribution in [1.82, 2.24) is 10.6 Å². The van der Waals surface area contributed by atoms with E-state index in [0.29, 0.717) is 12.5 Å². The first-order chi connectivity index (χ1) is 6.86. The van der Waals surface area contributed by atoms with E-state index in [4.69, 9.17) is 0 Å². The fourth-order valence-corrected chi connectivity index (χ4v) is 1.44. The Balaban J connectivity index is 2.07. The lowest BCUT2D eigenvalue weighted by atomic mass is 10.2. The van der Waals surface area contributed by atoms with Gasteiger partial charge in [-0.25, -0.2) is 0 Å². The van der Waals surface area contributed by atoms with Gasteiger partial charge in [-0.1, -0.05) is 35.1 Å². The van der Waals surface area contributed by atoms with Crippen LogP contribution >= 0.6 is 0 Å². The molecule has 1 aromatic rings. The summed E-state index contributed by atoms with van der Waals surface area (Å²) in [7, 11) is 0. The fraction of sp³-hybridized carbons (Fsp3) is 0.300. The zero-order valence-electron chi connectivity index (χ0n) is 7.90. The molecular weight excluding hydrogens is 178 g/mol. The standard InChI is InChI=1S/C10H13N3O/c14-13(10-11-6-7-12-10)8-9-4-2-1-3-5-9/h1-5,14H,6-8H2,(H,11,12)/p+1. The van der Waals surface area contributed by atoms with Crippen LogP contribution in [-0.2, 0) is 6.54 Å². The van der Waals surface area contributed by atoms with E-state index < -0.39 is 0 Å². The number of hydroxylamine groups is 1. The second-order valence-corrected chi connectivity index (χ2v) is 3.25. The summed E-state index contributed by atoms with van der Waals surface area (Å²) in [5, 5.41) is 15.8. The third-order valence-electron chi connectivity index (χ3n) is 2.14. The molecule has 4 heteroatoms. The summed E-state index contributed by atoms with van der Waals surface area (Å²) >= 11 is 0. The molecule has 0 bridgehead atoms. The van der Waals surface area contributed by atoms with Gasteiger partial charge in [0.05, 0.1) is 13.1 Å². The Morgan fingerprint density at radius 2 is 1.79 bits per heavy atom. The van der Waals surface area contributed by atoms with E-state index in [-0.39, 0.29) is 0 Å². The smallest absolute Gasteiger partial charge is 0.376 e. The molecule has 0 spiro atoms. The number of hydrogen-bond donors (Lipinski definition) is 3. The third-order valence-corrected chi connectivity index (χ3v) is 2.14. The van der Waals surface area contributed by atoms with Crippen LogP contribution in [0.5, 0.6) is 0 Å². The lowest BCUT2D eigenvalue weighted by molar-refractivity contribution is -0.788. The van der Waals surface area contributed by atoms with Gasteiger partial charge in [0.2, 0.25) is 0 Å². The number of nitrogens with one attached hydrogen (secondary N) is 2. The van der Waals surface area contributed by atoms with Crippen LogP contribution in [0.1, 0.15) is 5.56 Å². The van der Waals surface area contributed by atoms with E-state index in [1.165, 1.54) is 4.74 Å². The number of benzene rings is 1. The molecular formula is C10H14N3O+. The zero-order valence-corrected chi connectivity index (χ0v) is 7.90. The Bertz CT molecular complexity index is 326. The van der Waals surface area contributed by atoms with Crippen molar-refractivity contribution in [3.8, 4) is 0 Å². The highest BCUT2D eigenvalue weighted by Crippen LogP contribution is 1.99. The monoisotopic (exact) mass is 192 g/mol. The van der Waals surface area contributed by atoms with Crippen LogP contribution in [0.25, 0.3) is 0 Å². The van der Waals surface area contributed by atoms with E-state index in [2.05, 4.69) is 10.6 Å². The van der Waals surface area contributed by atoms with Crippen LogP contribution < -0.4 is 10.6 Å². The molecule has 0 amide bonds. The van der Waals surface area contributed by atoms with Gasteiger partial charge in [0, 0.05) is 0 Å². The molecule has 0 atom stereocenters. The highest BCUT2D eigenvalue weighted by atomic mass is 16.5. The van der Waals surface area contributed by atoms with Crippen molar-refractivity contribution in [2.45, 2.75) is 6.54 Å². The number of nitrogens with zero attached hydrogens (tertiary/aromatic N) is 1. The van der Waals surface area contributed by atoms with Crippen molar-refractivity contribution in [1.29, 1.82) is 0 Å². The highest BCUT2D eigenvalue weighted by molar-refractivity contribution is 5.76. The Labute approximate surface area is 82.8 Å². The second-order valence-electron chi connectivity index (χ2n) is 3.25. The lowest BCUT2D eigenvalue weighted by Crippen LogP contribution is -2.34. The average Bonchev–Trinajstić information content (AvgIpc) is 2.72. The quantitative estimate of drug-likeness (QED) is 0.355. The average molecular weight is 192 g/mol. The highest BCUT2D eigenvalue weighted by Gasteiger charge is 2.17. The molecule has 74 valence electrons. The van der Waals surface area contributed by atoms with Gasteiger partial charge in [-0.3, -0.25) is 10.6 Å². The molecule has 0 radical (unpaired) electrons. The van der Waals surface area contributed by atoms with Crippen molar-refractivity contribution >= 4 is 5.96 Å². The Kier molecular flexibility index (Phi) is 2.53. The molecule has 0 aromatic heterocycles. The summed E-state index contributed by atoms with van der Waals surface area (Å²) in [5.74, 6) is 0.689. The SMILES string of the molecule is O[N+](Cc1ccccc1)=C1NCCN1. The lowest BCUT2D eigenvalue weighted by Gasteiger charge is -2.02. The minimum Gasteiger partial charge on any atom is -0.376 e. The summed E-state index contributed by atoms with van der Waals surface area (Å²) in [6, 6.07) is 9.86. The molecule has 2 rings (SSSR count). The molecule has 1 aliphatic rings. The van der Waals surface area contributed by atoms with E-state index in [9.17, 15) is 5.21 Å². The van der Waals surface area contributed by atoms with Gasteiger partial charge in [0.15, 0.2) is 0 Å². The molecule has 0 saturated carbocycles. The van der Waals surface area contributed by atoms with Gasteiger partial charge >= 0.3 is 5.96 Å². The molecule has 14 heavy (non-hydrogen) atoms. The summed E-state index contributed by atoms with van der Waals surface area (Å²) in [5.41, 5.74) is 1.08. The number of guanidine groups is 1. The Morgan fingerprint density at radius 3 is 2.43 bits per heavy atom. The predicted octanol–water partition coefficient (Wildman–Crippen LogP) is 0.137. The second kappa shape index (κ2) is 4.00. The van der Waals surface area contributed by atoms with Crippen LogP contribution in [0.2, 0.25) is 0 Å². The van der Waals surface area contributed by atoms with Gasteiger partial charge in [0.1, 0.15) is 6.54 Å². The molecule has 1 fully saturated rings. The summed E-state index contributed by atoms with van der Waals surface area (Å²) in [6.45, 7) is 2.22. The van der Waals surface area contributed by atoms with Crippen molar-refractivity contribution < 1.29 is 9.95 Å². The Morgan fingerprint density at radius 1 is 1.14 bits per heavy atom. The molecule has 0 unspecified atom stereocenters. The van der Waals surface area contributed by atoms with Gasteiger partial charge in [-0.15, -0.1) is 0 Å². The maximum Gasteiger partial charge on any atom is 0.382 e. The van der Waals surface area contributed by atoms with Gasteiger partial charge in [0.25, 0.3) is 0 Å². The molecule has 3 N–H and O–H groups in total. The molecule has 1 heterocycles. The normalized spacial score (nSPS) is 14.7. The first-order valence-corrected chi connectivity index (χ1v) is 4.71. The van der Waals surface area contributed by atoms with E-state index >= 15 is 0 Å². The van der Waals surface area contributed by atoms with E-state index in [0.717, 1.165) is 18.7 Å². The van der Waals surface area contributed by atoms with E-state index in [1.807, 2.05) is 30.3 Å². The van der Waals surface area contributed by atoms with Crippen LogP contribution in [0.4, 0.5) is 0 Å². The van der Waals surface area contributed by atoms with Crippen molar-refractivity contribution in [2.24, 2.45) is 0 Å². The molecule has 1 aromatic carbocycles. The molecule has 1 saturated heterocycles. The summed E-state index contributed by atoms with van der Waals surface area (Å²) in [4.78, 5) is 0. The third kappa shape index (κ3) is 1.96. The predicted molar refractivity (Wildman–Crippen MR) is 53.2 cm³/mol. The molecule has 1 aliphatic heterocycles. The van der Waals surface area contributed by atoms with Crippen molar-refractivity contribution in [3.05, 3.63) is 35.9 Å². The minimum atomic E-state index is 0.496. The van der Waals surface area contributed by atoms with Gasteiger partial charge in [-0.2, -0.15) is 0 Å². The van der Waals surface area contributed by atoms with Gasteiger partial charge < -0.3 is 5.21 Å². The fourth-order valence-electron chi connectivity index (χ4n) is 1.44. The summed E-state index contributed by atoms with van der Waals surface area (Å²) < 4.78 is 1.20. The zero-order chi connectivity index (χ0) is 9.80. The van der Waals surface area contributed by atoms with Crippen LogP contribution in [0, 0.1) is 0 Å². The summed E-state index contributed by atoms with van der Waals surface area (Å²) in [6.07, 6.45) is 0. The van der Waals surface area contributed by atoms with Crippen LogP contribution in [0.15, 0.2) is 30.3 Å². The number of hydrogen-bond acceptors (Lipinski definition) is 1. The molecule has 0 aliphatic carbocycles. The first kappa shape index (κ1) is 8.87. The van der Waals surface area contributed by atoms with E-state index in [1.54, 1.807) is 0 Å².